The summed E-state index contributed by atoms with van der Waals surface area (Å²) < 4.78 is 5.43. The number of anilines is 2. The number of thiazole rings is 1. The van der Waals surface area contributed by atoms with Crippen LogP contribution in [0.1, 0.15) is 22.8 Å². The average Bonchev–Trinajstić information content (AvgIpc) is 3.53. The molecule has 0 aliphatic carbocycles. The number of hydrogen-bond acceptors (Lipinski definition) is 7. The fraction of sp³-hybridized carbons (Fsp3) is 0.0857. The standard InChI is InChI=1S/C35H29ClN4O4S2/c1-22(32(41)40-35-39-30(21-45-35)28-16-6-7-17-31(28)44-2)46-27-15-9-14-26(20-27)37-34(43)29(19-23-10-8-13-25(36)18-23)38-33(42)24-11-4-3-5-12-24/h3-22H,1-2H3,(H,37,43)(H,38,42)(H,39,40,41)/b29-19-. The minimum absolute atomic E-state index is 0.0397. The highest BCUT2D eigenvalue weighted by Crippen LogP contribution is 2.33. The van der Waals surface area contributed by atoms with E-state index >= 15 is 0 Å². The minimum atomic E-state index is -0.521. The van der Waals surface area contributed by atoms with Crippen molar-refractivity contribution in [2.75, 3.05) is 17.7 Å². The molecule has 5 aromatic rings. The van der Waals surface area contributed by atoms with Crippen molar-refractivity contribution in [3.8, 4) is 17.0 Å². The number of carbonyl (C=O) groups is 3. The van der Waals surface area contributed by atoms with Crippen molar-refractivity contribution in [2.45, 2.75) is 17.1 Å². The molecule has 0 bridgehead atoms. The van der Waals surface area contributed by atoms with Gasteiger partial charge in [0.1, 0.15) is 11.4 Å². The first-order valence-electron chi connectivity index (χ1n) is 14.1. The number of halogens is 1. The van der Waals surface area contributed by atoms with Gasteiger partial charge in [-0.05, 0) is 73.2 Å². The molecule has 1 aromatic heterocycles. The smallest absolute Gasteiger partial charge is 0.272 e. The molecule has 3 N–H and O–H groups in total. The molecule has 0 spiro atoms. The average molecular weight is 669 g/mol. The molecule has 0 radical (unpaired) electrons. The van der Waals surface area contributed by atoms with Crippen LogP contribution in [-0.4, -0.2) is 35.1 Å². The van der Waals surface area contributed by atoms with Crippen LogP contribution in [0.3, 0.4) is 0 Å². The molecule has 0 saturated carbocycles. The minimum Gasteiger partial charge on any atom is -0.496 e. The van der Waals surface area contributed by atoms with Crippen LogP contribution in [0.5, 0.6) is 5.75 Å². The quantitative estimate of drug-likeness (QED) is 0.0972. The molecule has 5 rings (SSSR count). The van der Waals surface area contributed by atoms with Crippen LogP contribution in [0.2, 0.25) is 5.02 Å². The lowest BCUT2D eigenvalue weighted by molar-refractivity contribution is -0.115. The van der Waals surface area contributed by atoms with Crippen molar-refractivity contribution in [3.63, 3.8) is 0 Å². The number of thioether (sulfide) groups is 1. The summed E-state index contributed by atoms with van der Waals surface area (Å²) in [5.74, 6) is -0.460. The van der Waals surface area contributed by atoms with E-state index in [2.05, 4.69) is 20.9 Å². The molecule has 8 nitrogen and oxygen atoms in total. The molecule has 0 aliphatic heterocycles. The summed E-state index contributed by atoms with van der Waals surface area (Å²) in [6.07, 6.45) is 1.56. The third-order valence-corrected chi connectivity index (χ3v) is 8.67. The van der Waals surface area contributed by atoms with Crippen molar-refractivity contribution in [1.29, 1.82) is 0 Å². The SMILES string of the molecule is COc1ccccc1-c1csc(NC(=O)C(C)Sc2cccc(NC(=O)/C(=C/c3cccc(Cl)c3)NC(=O)c3ccccc3)c2)n1. The van der Waals surface area contributed by atoms with Crippen LogP contribution in [0.4, 0.5) is 10.8 Å². The molecular formula is C35H29ClN4O4S2. The Morgan fingerprint density at radius 1 is 0.913 bits per heavy atom. The van der Waals surface area contributed by atoms with E-state index in [4.69, 9.17) is 16.3 Å². The molecule has 4 aromatic carbocycles. The zero-order chi connectivity index (χ0) is 32.5. The van der Waals surface area contributed by atoms with Gasteiger partial charge in [0, 0.05) is 32.1 Å². The number of hydrogen-bond donors (Lipinski definition) is 3. The first-order chi connectivity index (χ1) is 22.3. The molecule has 3 amide bonds. The van der Waals surface area contributed by atoms with Crippen molar-refractivity contribution < 1.29 is 19.1 Å². The van der Waals surface area contributed by atoms with Crippen LogP contribution in [0.25, 0.3) is 17.3 Å². The largest absolute Gasteiger partial charge is 0.496 e. The molecule has 0 saturated heterocycles. The van der Waals surface area contributed by atoms with Gasteiger partial charge in [0.05, 0.1) is 18.1 Å². The third-order valence-electron chi connectivity index (χ3n) is 6.58. The fourth-order valence-electron chi connectivity index (χ4n) is 4.33. The molecule has 0 aliphatic rings. The number of methoxy groups -OCH3 is 1. The highest BCUT2D eigenvalue weighted by atomic mass is 35.5. The number of aromatic nitrogens is 1. The second-order valence-corrected chi connectivity index (χ2v) is 12.6. The van der Waals surface area contributed by atoms with Gasteiger partial charge in [0.15, 0.2) is 5.13 Å². The number of amides is 3. The summed E-state index contributed by atoms with van der Waals surface area (Å²) >= 11 is 8.82. The fourth-order valence-corrected chi connectivity index (χ4v) is 6.17. The van der Waals surface area contributed by atoms with Crippen LogP contribution in [-0.2, 0) is 9.59 Å². The Bertz CT molecular complexity index is 1890. The van der Waals surface area contributed by atoms with Crippen LogP contribution < -0.4 is 20.7 Å². The third kappa shape index (κ3) is 8.63. The molecule has 1 atom stereocenters. The van der Waals surface area contributed by atoms with Crippen molar-refractivity contribution in [2.24, 2.45) is 0 Å². The van der Waals surface area contributed by atoms with Crippen molar-refractivity contribution >= 4 is 69.3 Å². The Balaban J connectivity index is 1.25. The number of rotatable bonds is 11. The van der Waals surface area contributed by atoms with Gasteiger partial charge in [-0.2, -0.15) is 0 Å². The lowest BCUT2D eigenvalue weighted by atomic mass is 10.1. The van der Waals surface area contributed by atoms with E-state index in [1.165, 1.54) is 23.1 Å². The maximum atomic E-state index is 13.4. The first kappa shape index (κ1) is 32.5. The van der Waals surface area contributed by atoms with Crippen LogP contribution in [0.15, 0.2) is 119 Å². The Kier molecular flexibility index (Phi) is 10.9. The van der Waals surface area contributed by atoms with E-state index in [-0.39, 0.29) is 11.6 Å². The Morgan fingerprint density at radius 2 is 1.67 bits per heavy atom. The lowest BCUT2D eigenvalue weighted by Crippen LogP contribution is -2.30. The van der Waals surface area contributed by atoms with E-state index in [0.717, 1.165) is 10.5 Å². The maximum absolute atomic E-state index is 13.4. The second kappa shape index (κ2) is 15.4. The van der Waals surface area contributed by atoms with Gasteiger partial charge >= 0.3 is 0 Å². The van der Waals surface area contributed by atoms with Crippen LogP contribution in [0, 0.1) is 0 Å². The van der Waals surface area contributed by atoms with Gasteiger partial charge in [-0.25, -0.2) is 4.98 Å². The summed E-state index contributed by atoms with van der Waals surface area (Å²) in [5, 5.41) is 10.9. The molecule has 46 heavy (non-hydrogen) atoms. The summed E-state index contributed by atoms with van der Waals surface area (Å²) in [4.78, 5) is 44.7. The number of nitrogens with one attached hydrogen (secondary N) is 3. The predicted octanol–water partition coefficient (Wildman–Crippen LogP) is 8.00. The van der Waals surface area contributed by atoms with E-state index in [0.29, 0.717) is 38.4 Å². The van der Waals surface area contributed by atoms with E-state index in [9.17, 15) is 14.4 Å². The summed E-state index contributed by atoms with van der Waals surface area (Å²) in [6, 6.07) is 30.3. The maximum Gasteiger partial charge on any atom is 0.272 e. The first-order valence-corrected chi connectivity index (χ1v) is 16.2. The topological polar surface area (TPSA) is 109 Å². The van der Waals surface area contributed by atoms with Gasteiger partial charge in [-0.15, -0.1) is 23.1 Å². The molecule has 232 valence electrons. The zero-order valence-corrected chi connectivity index (χ0v) is 27.2. The van der Waals surface area contributed by atoms with Crippen LogP contribution >= 0.6 is 34.7 Å². The summed E-state index contributed by atoms with van der Waals surface area (Å²) in [7, 11) is 1.60. The summed E-state index contributed by atoms with van der Waals surface area (Å²) in [6.45, 7) is 1.80. The molecule has 1 unspecified atom stereocenters. The van der Waals surface area contributed by atoms with E-state index in [1.807, 2.05) is 35.7 Å². The Labute approximate surface area is 279 Å². The molecule has 11 heteroatoms. The number of carbonyl (C=O) groups excluding carboxylic acids is 3. The molecular weight excluding hydrogens is 640 g/mol. The predicted molar refractivity (Wildman–Crippen MR) is 186 cm³/mol. The van der Waals surface area contributed by atoms with E-state index < -0.39 is 17.1 Å². The number of nitrogens with zero attached hydrogens (tertiary/aromatic N) is 1. The van der Waals surface area contributed by atoms with Crippen molar-refractivity contribution in [3.05, 3.63) is 130 Å². The Morgan fingerprint density at radius 3 is 2.46 bits per heavy atom. The second-order valence-electron chi connectivity index (χ2n) is 9.90. The van der Waals surface area contributed by atoms with Crippen molar-refractivity contribution in [1.82, 2.24) is 10.3 Å². The van der Waals surface area contributed by atoms with E-state index in [1.54, 1.807) is 92.9 Å². The van der Waals surface area contributed by atoms with Gasteiger partial charge in [-0.3, -0.25) is 14.4 Å². The summed E-state index contributed by atoms with van der Waals surface area (Å²) in [5.41, 5.74) is 3.14. The normalized spacial score (nSPS) is 11.8. The van der Waals surface area contributed by atoms with Gasteiger partial charge < -0.3 is 20.7 Å². The van der Waals surface area contributed by atoms with Gasteiger partial charge in [0.25, 0.3) is 11.8 Å². The zero-order valence-electron chi connectivity index (χ0n) is 24.8. The number of benzene rings is 4. The Hall–Kier alpha value is -4.90. The monoisotopic (exact) mass is 668 g/mol. The van der Waals surface area contributed by atoms with Gasteiger partial charge in [-0.1, -0.05) is 60.1 Å². The molecule has 1 heterocycles. The highest BCUT2D eigenvalue weighted by Gasteiger charge is 2.19. The number of ether oxygens (including phenoxy) is 1. The number of para-hydroxylation sites is 1. The lowest BCUT2D eigenvalue weighted by Gasteiger charge is -2.14. The van der Waals surface area contributed by atoms with Gasteiger partial charge in [0.2, 0.25) is 5.91 Å². The highest BCUT2D eigenvalue weighted by molar-refractivity contribution is 8.00. The molecule has 0 fully saturated rings.